The first-order valence-electron chi connectivity index (χ1n) is 15.7. The molecule has 1 aliphatic heterocycles. The van der Waals surface area contributed by atoms with Crippen molar-refractivity contribution in [2.45, 2.75) is 51.1 Å². The van der Waals surface area contributed by atoms with Gasteiger partial charge >= 0.3 is 0 Å². The molecule has 1 amide bonds. The van der Waals surface area contributed by atoms with Crippen molar-refractivity contribution in [3.63, 3.8) is 0 Å². The van der Waals surface area contributed by atoms with E-state index < -0.39 is 15.7 Å². The summed E-state index contributed by atoms with van der Waals surface area (Å²) >= 11 is 0. The predicted octanol–water partition coefficient (Wildman–Crippen LogP) is 6.09. The first-order chi connectivity index (χ1) is 22.5. The molecule has 0 fully saturated rings. The van der Waals surface area contributed by atoms with Crippen LogP contribution in [-0.4, -0.2) is 61.4 Å². The van der Waals surface area contributed by atoms with Crippen molar-refractivity contribution in [2.75, 3.05) is 27.2 Å². The van der Waals surface area contributed by atoms with Gasteiger partial charge in [0.05, 0.1) is 23.0 Å². The Morgan fingerprint density at radius 3 is 2.45 bits per heavy atom. The van der Waals surface area contributed by atoms with E-state index in [9.17, 15) is 14.1 Å². The van der Waals surface area contributed by atoms with Crippen LogP contribution in [0.2, 0.25) is 0 Å². The number of hydrogen-bond donors (Lipinski definition) is 2. The smallest absolute Gasteiger partial charge is 0.270 e. The molecule has 0 aliphatic carbocycles. The minimum atomic E-state index is -1.35. The van der Waals surface area contributed by atoms with E-state index >= 15 is 0 Å². The highest BCUT2D eigenvalue weighted by Gasteiger charge is 2.40. The van der Waals surface area contributed by atoms with Gasteiger partial charge < -0.3 is 15.2 Å². The fourth-order valence-electron chi connectivity index (χ4n) is 5.42. The second-order valence-electron chi connectivity index (χ2n) is 12.8. The lowest BCUT2D eigenvalue weighted by Gasteiger charge is -2.30. The monoisotopic (exact) mass is 650 g/mol. The van der Waals surface area contributed by atoms with Gasteiger partial charge in [0.2, 0.25) is 0 Å². The van der Waals surface area contributed by atoms with E-state index in [1.165, 1.54) is 0 Å². The third-order valence-corrected chi connectivity index (χ3v) is 9.50. The van der Waals surface area contributed by atoms with Crippen LogP contribution in [0.3, 0.4) is 0 Å². The fraction of sp³-hybridized carbons (Fsp3) is 0.316. The largest absolute Gasteiger partial charge is 0.457 e. The topological polar surface area (TPSA) is 95.0 Å². The third-order valence-electron chi connectivity index (χ3n) is 7.64. The van der Waals surface area contributed by atoms with Crippen LogP contribution in [0.1, 0.15) is 66.0 Å². The van der Waals surface area contributed by atoms with Crippen molar-refractivity contribution in [2.24, 2.45) is 0 Å². The van der Waals surface area contributed by atoms with Gasteiger partial charge in [0, 0.05) is 36.4 Å². The number of rotatable bonds is 10. The van der Waals surface area contributed by atoms with Gasteiger partial charge in [-0.3, -0.25) is 9.69 Å². The molecule has 0 radical (unpaired) electrons. The molecule has 0 saturated heterocycles. The van der Waals surface area contributed by atoms with E-state index in [1.54, 1.807) is 6.07 Å². The number of aliphatic hydroxyl groups is 1. The van der Waals surface area contributed by atoms with Gasteiger partial charge in [-0.2, -0.15) is 0 Å². The summed E-state index contributed by atoms with van der Waals surface area (Å²) in [5, 5.41) is 13.1. The molecule has 2 N–H and O–H groups in total. The molecule has 8 nitrogen and oxygen atoms in total. The van der Waals surface area contributed by atoms with Crippen molar-refractivity contribution in [3.05, 3.63) is 113 Å². The molecule has 244 valence electrons. The van der Waals surface area contributed by atoms with Crippen molar-refractivity contribution < 1.29 is 18.8 Å². The van der Waals surface area contributed by atoms with Crippen LogP contribution in [0, 0.1) is 11.8 Å². The van der Waals surface area contributed by atoms with Crippen LogP contribution in [0.15, 0.2) is 84.9 Å². The summed E-state index contributed by atoms with van der Waals surface area (Å²) in [6.45, 7) is 7.06. The highest BCUT2D eigenvalue weighted by Crippen LogP contribution is 2.44. The second kappa shape index (κ2) is 15.1. The summed E-state index contributed by atoms with van der Waals surface area (Å²) in [5.74, 6) is 7.55. The normalized spacial score (nSPS) is 15.1. The molecule has 0 saturated carbocycles. The quantitative estimate of drug-likeness (QED) is 0.202. The summed E-state index contributed by atoms with van der Waals surface area (Å²) in [6.07, 6.45) is 0.390. The highest BCUT2D eigenvalue weighted by molar-refractivity contribution is 7.84. The van der Waals surface area contributed by atoms with Gasteiger partial charge in [-0.1, -0.05) is 54.3 Å². The van der Waals surface area contributed by atoms with E-state index in [4.69, 9.17) is 9.72 Å². The van der Waals surface area contributed by atoms with E-state index in [0.717, 1.165) is 33.6 Å². The van der Waals surface area contributed by atoms with Crippen LogP contribution in [0.5, 0.6) is 11.5 Å². The predicted molar refractivity (Wildman–Crippen MR) is 187 cm³/mol. The Labute approximate surface area is 280 Å². The Hall–Kier alpha value is -4.33. The van der Waals surface area contributed by atoms with Crippen molar-refractivity contribution in [3.8, 4) is 34.6 Å². The molecule has 0 bridgehead atoms. The Morgan fingerprint density at radius 1 is 1.04 bits per heavy atom. The average Bonchev–Trinajstić information content (AvgIpc) is 3.41. The summed E-state index contributed by atoms with van der Waals surface area (Å²) in [4.78, 5) is 20.6. The first kappa shape index (κ1) is 34.0. The number of amides is 1. The zero-order valence-electron chi connectivity index (χ0n) is 27.6. The van der Waals surface area contributed by atoms with Gasteiger partial charge in [-0.05, 0) is 94.9 Å². The van der Waals surface area contributed by atoms with Crippen LogP contribution in [0.4, 0.5) is 0 Å². The summed E-state index contributed by atoms with van der Waals surface area (Å²) < 4.78 is 21.0. The molecule has 9 heteroatoms. The fourth-order valence-corrected chi connectivity index (χ4v) is 6.82. The Morgan fingerprint density at radius 2 is 1.77 bits per heavy atom. The zero-order valence-corrected chi connectivity index (χ0v) is 28.4. The standard InChI is InChI=1S/C38H42N4O4S/c1-38(2,3)47(45)42-26-30-24-33(37(44)39-25-28-16-18-32(19-17-28)46-31-14-7-6-8-15-31)40-36(35(30)34(42)20-22-43)29-13-9-11-27(23-29)12-10-21-41(4)5/h6-9,11,13-19,23-24,34,43H,20-22,25-26H2,1-5H3,(H,39,44)/t34-,47-/m1/s1. The van der Waals surface area contributed by atoms with E-state index in [1.807, 2.05) is 123 Å². The summed E-state index contributed by atoms with van der Waals surface area (Å²) in [6, 6.07) is 26.5. The highest BCUT2D eigenvalue weighted by atomic mass is 32.2. The number of benzene rings is 3. The maximum absolute atomic E-state index is 13.7. The molecule has 1 aromatic heterocycles. The first-order valence-corrected chi connectivity index (χ1v) is 16.8. The molecular formula is C38H42N4O4S. The van der Waals surface area contributed by atoms with Crippen LogP contribution in [0.25, 0.3) is 11.3 Å². The van der Waals surface area contributed by atoms with Gasteiger partial charge in [-0.15, -0.1) is 0 Å². The van der Waals surface area contributed by atoms with Crippen molar-refractivity contribution >= 4 is 16.9 Å². The molecular weight excluding hydrogens is 609 g/mol. The molecule has 2 atom stereocenters. The van der Waals surface area contributed by atoms with Gasteiger partial charge in [0.1, 0.15) is 28.2 Å². The van der Waals surface area contributed by atoms with E-state index in [-0.39, 0.29) is 24.2 Å². The number of aromatic nitrogens is 1. The van der Waals surface area contributed by atoms with Gasteiger partial charge in [0.25, 0.3) is 5.91 Å². The molecule has 47 heavy (non-hydrogen) atoms. The number of aliphatic hydroxyl groups excluding tert-OH is 1. The molecule has 2 heterocycles. The van der Waals surface area contributed by atoms with Crippen LogP contribution in [-0.2, 0) is 24.1 Å². The van der Waals surface area contributed by atoms with Gasteiger partial charge in [0.15, 0.2) is 0 Å². The molecule has 0 spiro atoms. The Balaban J connectivity index is 1.45. The molecule has 1 aliphatic rings. The number of para-hydroxylation sites is 1. The maximum atomic E-state index is 13.7. The number of carbonyl (C=O) groups excluding carboxylic acids is 1. The van der Waals surface area contributed by atoms with Crippen LogP contribution >= 0.6 is 0 Å². The van der Waals surface area contributed by atoms with Crippen LogP contribution < -0.4 is 10.1 Å². The van der Waals surface area contributed by atoms with E-state index in [2.05, 4.69) is 17.2 Å². The van der Waals surface area contributed by atoms with E-state index in [0.29, 0.717) is 37.5 Å². The summed E-state index contributed by atoms with van der Waals surface area (Å²) in [7, 11) is 2.59. The lowest BCUT2D eigenvalue weighted by molar-refractivity contribution is 0.0946. The maximum Gasteiger partial charge on any atom is 0.270 e. The van der Waals surface area contributed by atoms with Crippen molar-refractivity contribution in [1.29, 1.82) is 0 Å². The lowest BCUT2D eigenvalue weighted by atomic mass is 9.95. The number of pyridine rings is 1. The third kappa shape index (κ3) is 8.53. The number of nitrogens with one attached hydrogen (secondary N) is 1. The lowest BCUT2D eigenvalue weighted by Crippen LogP contribution is -2.36. The van der Waals surface area contributed by atoms with Crippen molar-refractivity contribution in [1.82, 2.24) is 19.5 Å². The Kier molecular flexibility index (Phi) is 10.9. The Bertz CT molecular complexity index is 1790. The van der Waals surface area contributed by atoms with Gasteiger partial charge in [-0.25, -0.2) is 13.5 Å². The molecule has 5 rings (SSSR count). The molecule has 3 aromatic carbocycles. The number of nitrogens with zero attached hydrogens (tertiary/aromatic N) is 3. The summed E-state index contributed by atoms with van der Waals surface area (Å²) in [5.41, 5.74) is 5.24. The zero-order chi connectivity index (χ0) is 33.6. The second-order valence-corrected chi connectivity index (χ2v) is 14.9. The number of hydrogen-bond acceptors (Lipinski definition) is 6. The number of carbonyl (C=O) groups is 1. The molecule has 4 aromatic rings. The SMILES string of the molecule is CN(C)CC#Cc1cccc(-c2nc(C(=O)NCc3ccc(Oc4ccccc4)cc3)cc3c2[C@@H](CCO)N([S@](=O)C(C)(C)C)C3)c1. The minimum absolute atomic E-state index is 0.0745. The number of ether oxygens (including phenoxy) is 1. The molecule has 0 unspecified atom stereocenters. The number of fused-ring (bicyclic) bond motifs is 1. The average molecular weight is 651 g/mol. The minimum Gasteiger partial charge on any atom is -0.457 e.